The lowest BCUT2D eigenvalue weighted by Gasteiger charge is -2.05. The van der Waals surface area contributed by atoms with Crippen molar-refractivity contribution >= 4 is 6.29 Å². The monoisotopic (exact) mass is 272 g/mol. The Labute approximate surface area is 112 Å². The molecule has 6 heteroatoms. The van der Waals surface area contributed by atoms with Gasteiger partial charge in [-0.15, -0.1) is 0 Å². The molecule has 0 saturated carbocycles. The second-order valence-corrected chi connectivity index (χ2v) is 3.69. The predicted molar refractivity (Wildman–Crippen MR) is 67.3 cm³/mol. The lowest BCUT2D eigenvalue weighted by Crippen LogP contribution is -2.11. The molecule has 6 nitrogen and oxygen atoms in total. The van der Waals surface area contributed by atoms with E-state index < -0.39 is 0 Å². The van der Waals surface area contributed by atoms with Gasteiger partial charge < -0.3 is 23.4 Å². The Morgan fingerprint density at radius 2 is 1.63 bits per heavy atom. The van der Waals surface area contributed by atoms with Crippen molar-refractivity contribution in [2.45, 2.75) is 6.61 Å². The second kappa shape index (κ2) is 10.7. The predicted octanol–water partition coefficient (Wildman–Crippen LogP) is 1.29. The number of furan rings is 1. The van der Waals surface area contributed by atoms with E-state index in [1.54, 1.807) is 19.2 Å². The van der Waals surface area contributed by atoms with Crippen LogP contribution in [0, 0.1) is 0 Å². The van der Waals surface area contributed by atoms with E-state index in [1.165, 1.54) is 0 Å². The van der Waals surface area contributed by atoms with Crippen molar-refractivity contribution in [1.29, 1.82) is 0 Å². The molecule has 0 fully saturated rings. The van der Waals surface area contributed by atoms with E-state index in [0.717, 1.165) is 0 Å². The van der Waals surface area contributed by atoms with Crippen molar-refractivity contribution in [2.75, 3.05) is 46.8 Å². The van der Waals surface area contributed by atoms with E-state index in [1.807, 2.05) is 0 Å². The third-order valence-electron chi connectivity index (χ3n) is 2.22. The van der Waals surface area contributed by atoms with E-state index in [9.17, 15) is 4.79 Å². The summed E-state index contributed by atoms with van der Waals surface area (Å²) in [5, 5.41) is 0. The third kappa shape index (κ3) is 7.74. The van der Waals surface area contributed by atoms with Gasteiger partial charge in [-0.3, -0.25) is 4.79 Å². The smallest absolute Gasteiger partial charge is 0.185 e. The van der Waals surface area contributed by atoms with Crippen LogP contribution in [0.4, 0.5) is 0 Å². The van der Waals surface area contributed by atoms with Crippen molar-refractivity contribution in [3.63, 3.8) is 0 Å². The minimum Gasteiger partial charge on any atom is -0.456 e. The summed E-state index contributed by atoms with van der Waals surface area (Å²) in [5.74, 6) is 0.938. The maximum Gasteiger partial charge on any atom is 0.185 e. The molecule has 1 aromatic rings. The van der Waals surface area contributed by atoms with E-state index in [2.05, 4.69) is 0 Å². The minimum atomic E-state index is 0.308. The summed E-state index contributed by atoms with van der Waals surface area (Å²) in [6.07, 6.45) is 0.663. The first kappa shape index (κ1) is 15.8. The highest BCUT2D eigenvalue weighted by Gasteiger charge is 2.00. The number of aldehydes is 1. The van der Waals surface area contributed by atoms with Crippen LogP contribution in [-0.2, 0) is 25.6 Å². The summed E-state index contributed by atoms with van der Waals surface area (Å²) in [7, 11) is 1.63. The van der Waals surface area contributed by atoms with Gasteiger partial charge in [-0.1, -0.05) is 0 Å². The van der Waals surface area contributed by atoms with E-state index in [4.69, 9.17) is 23.4 Å². The molecule has 0 aliphatic rings. The zero-order chi connectivity index (χ0) is 13.8. The van der Waals surface area contributed by atoms with Gasteiger partial charge in [0.1, 0.15) is 12.4 Å². The first-order chi connectivity index (χ1) is 9.36. The normalized spacial score (nSPS) is 10.8. The number of ether oxygens (including phenoxy) is 4. The van der Waals surface area contributed by atoms with Crippen molar-refractivity contribution in [1.82, 2.24) is 0 Å². The molecular weight excluding hydrogens is 252 g/mol. The third-order valence-corrected chi connectivity index (χ3v) is 2.22. The number of methoxy groups -OCH3 is 1. The van der Waals surface area contributed by atoms with Gasteiger partial charge in [0.15, 0.2) is 12.0 Å². The van der Waals surface area contributed by atoms with Gasteiger partial charge in [-0.05, 0) is 12.1 Å². The zero-order valence-electron chi connectivity index (χ0n) is 11.1. The molecule has 108 valence electrons. The van der Waals surface area contributed by atoms with Crippen molar-refractivity contribution in [2.24, 2.45) is 0 Å². The van der Waals surface area contributed by atoms with Gasteiger partial charge in [0.2, 0.25) is 0 Å². The molecule has 0 radical (unpaired) electrons. The standard InChI is InChI=1S/C13H20O6/c1-15-4-5-16-6-7-17-8-9-18-11-13-3-2-12(10-14)19-13/h2-3,10H,4-9,11H2,1H3. The lowest BCUT2D eigenvalue weighted by atomic mass is 10.4. The molecule has 0 aromatic carbocycles. The molecule has 1 rings (SSSR count). The highest BCUT2D eigenvalue weighted by molar-refractivity contribution is 5.70. The van der Waals surface area contributed by atoms with Crippen LogP contribution in [0.15, 0.2) is 16.5 Å². The Hall–Kier alpha value is -1.21. The molecule has 0 aliphatic heterocycles. The SMILES string of the molecule is COCCOCCOCCOCc1ccc(C=O)o1. The Kier molecular flexibility index (Phi) is 8.91. The van der Waals surface area contributed by atoms with Crippen LogP contribution in [0.2, 0.25) is 0 Å². The summed E-state index contributed by atoms with van der Waals surface area (Å²) in [6, 6.07) is 3.33. The van der Waals surface area contributed by atoms with Gasteiger partial charge in [-0.2, -0.15) is 0 Å². The van der Waals surface area contributed by atoms with Gasteiger partial charge in [0.05, 0.1) is 39.6 Å². The fourth-order valence-electron chi connectivity index (χ4n) is 1.29. The van der Waals surface area contributed by atoms with Crippen LogP contribution in [0.25, 0.3) is 0 Å². The van der Waals surface area contributed by atoms with Crippen LogP contribution < -0.4 is 0 Å². The number of carbonyl (C=O) groups excluding carboxylic acids is 1. The van der Waals surface area contributed by atoms with Gasteiger partial charge in [-0.25, -0.2) is 0 Å². The van der Waals surface area contributed by atoms with E-state index in [0.29, 0.717) is 64.1 Å². The summed E-state index contributed by atoms with van der Waals surface area (Å²) in [5.41, 5.74) is 0. The topological polar surface area (TPSA) is 67.1 Å². The largest absolute Gasteiger partial charge is 0.456 e. The molecule has 0 spiro atoms. The summed E-state index contributed by atoms with van der Waals surface area (Å²) < 4.78 is 25.8. The summed E-state index contributed by atoms with van der Waals surface area (Å²) in [4.78, 5) is 10.4. The van der Waals surface area contributed by atoms with E-state index in [-0.39, 0.29) is 0 Å². The van der Waals surface area contributed by atoms with Gasteiger partial charge in [0, 0.05) is 7.11 Å². The Balaban J connectivity index is 1.87. The zero-order valence-corrected chi connectivity index (χ0v) is 11.1. The van der Waals surface area contributed by atoms with Crippen LogP contribution in [-0.4, -0.2) is 53.0 Å². The number of rotatable bonds is 12. The second-order valence-electron chi connectivity index (χ2n) is 3.69. The minimum absolute atomic E-state index is 0.308. The van der Waals surface area contributed by atoms with Crippen LogP contribution in [0.5, 0.6) is 0 Å². The summed E-state index contributed by atoms with van der Waals surface area (Å²) >= 11 is 0. The molecule has 0 unspecified atom stereocenters. The van der Waals surface area contributed by atoms with Crippen molar-refractivity contribution in [3.8, 4) is 0 Å². The van der Waals surface area contributed by atoms with Gasteiger partial charge >= 0.3 is 0 Å². The number of carbonyl (C=O) groups is 1. The Morgan fingerprint density at radius 1 is 1.00 bits per heavy atom. The Bertz CT molecular complexity index is 336. The molecule has 0 N–H and O–H groups in total. The quantitative estimate of drug-likeness (QED) is 0.422. The van der Waals surface area contributed by atoms with Crippen molar-refractivity contribution < 1.29 is 28.2 Å². The molecule has 19 heavy (non-hydrogen) atoms. The first-order valence-electron chi connectivity index (χ1n) is 6.13. The fourth-order valence-corrected chi connectivity index (χ4v) is 1.29. The average Bonchev–Trinajstić information content (AvgIpc) is 2.89. The van der Waals surface area contributed by atoms with E-state index >= 15 is 0 Å². The number of hydrogen-bond acceptors (Lipinski definition) is 6. The van der Waals surface area contributed by atoms with Crippen LogP contribution in [0.3, 0.4) is 0 Å². The van der Waals surface area contributed by atoms with Crippen LogP contribution >= 0.6 is 0 Å². The highest BCUT2D eigenvalue weighted by atomic mass is 16.6. The lowest BCUT2D eigenvalue weighted by molar-refractivity contribution is -0.00130. The fraction of sp³-hybridized carbons (Fsp3) is 0.615. The molecule has 1 heterocycles. The molecule has 1 aromatic heterocycles. The molecular formula is C13H20O6. The molecule has 0 amide bonds. The van der Waals surface area contributed by atoms with Crippen LogP contribution in [0.1, 0.15) is 16.3 Å². The average molecular weight is 272 g/mol. The molecule has 0 saturated heterocycles. The highest BCUT2D eigenvalue weighted by Crippen LogP contribution is 2.06. The first-order valence-corrected chi connectivity index (χ1v) is 6.13. The molecule has 0 atom stereocenters. The van der Waals surface area contributed by atoms with Crippen molar-refractivity contribution in [3.05, 3.63) is 23.7 Å². The molecule has 0 aliphatic carbocycles. The summed E-state index contributed by atoms with van der Waals surface area (Å²) in [6.45, 7) is 3.54. The molecule has 0 bridgehead atoms. The number of hydrogen-bond donors (Lipinski definition) is 0. The van der Waals surface area contributed by atoms with Gasteiger partial charge in [0.25, 0.3) is 0 Å². The maximum absolute atomic E-state index is 10.4. The maximum atomic E-state index is 10.4. The Morgan fingerprint density at radius 3 is 2.21 bits per heavy atom.